The van der Waals surface area contributed by atoms with Crippen molar-refractivity contribution in [3.63, 3.8) is 0 Å². The van der Waals surface area contributed by atoms with Crippen LogP contribution in [0.2, 0.25) is 0 Å². The van der Waals surface area contributed by atoms with E-state index in [-0.39, 0.29) is 5.78 Å². The molecule has 6 rings (SSSR count). The number of fused-ring (bicyclic) bond motifs is 4. The Bertz CT molecular complexity index is 1550. The van der Waals surface area contributed by atoms with Gasteiger partial charge in [0.1, 0.15) is 5.75 Å². The number of ketones is 1. The first-order valence-electron chi connectivity index (χ1n) is 11.0. The first-order chi connectivity index (χ1) is 16.3. The normalized spacial score (nSPS) is 13.0. The second-order valence-electron chi connectivity index (χ2n) is 8.20. The number of nitrogens with one attached hydrogen (secondary N) is 1. The van der Waals surface area contributed by atoms with Gasteiger partial charge in [-0.15, -0.1) is 0 Å². The summed E-state index contributed by atoms with van der Waals surface area (Å²) < 4.78 is 6.40. The van der Waals surface area contributed by atoms with Crippen molar-refractivity contribution in [2.24, 2.45) is 0 Å². The third-order valence-electron chi connectivity index (χ3n) is 6.19. The highest BCUT2D eigenvalue weighted by Gasteiger charge is 2.27. The molecule has 158 valence electrons. The van der Waals surface area contributed by atoms with E-state index in [2.05, 4.69) is 41.7 Å². The average molecular weight is 428 g/mol. The average Bonchev–Trinajstić information content (AvgIpc) is 2.88. The van der Waals surface area contributed by atoms with Gasteiger partial charge in [-0.2, -0.15) is 0 Å². The highest BCUT2D eigenvalue weighted by molar-refractivity contribution is 6.10. The molecule has 0 bridgehead atoms. The third-order valence-corrected chi connectivity index (χ3v) is 6.19. The van der Waals surface area contributed by atoms with E-state index in [4.69, 9.17) is 4.74 Å². The minimum absolute atomic E-state index is 0.0306. The second-order valence-corrected chi connectivity index (χ2v) is 8.20. The number of allylic oxidation sites excluding steroid dienone is 1. The number of carbonyl (C=O) groups excluding carboxylic acids is 1. The fourth-order valence-electron chi connectivity index (χ4n) is 4.53. The standard InChI is InChI=1S/C30H21NO2/c32-29(22-11-2-1-3-12-22)26-19-25-23-14-6-4-10-21(23)17-18-28(25)33-30(26)31-27-16-8-13-20-9-5-7-15-24(20)27/h1-18,31H,19H2. The van der Waals surface area contributed by atoms with E-state index in [1.165, 1.54) is 0 Å². The Hall–Kier alpha value is -4.37. The van der Waals surface area contributed by atoms with Crippen LogP contribution in [0.25, 0.3) is 21.5 Å². The summed E-state index contributed by atoms with van der Waals surface area (Å²) in [5.41, 5.74) is 3.22. The van der Waals surface area contributed by atoms with Crippen LogP contribution in [0, 0.1) is 0 Å². The Morgan fingerprint density at radius 3 is 2.15 bits per heavy atom. The van der Waals surface area contributed by atoms with Crippen LogP contribution in [-0.4, -0.2) is 5.78 Å². The Labute approximate surface area is 191 Å². The maximum Gasteiger partial charge on any atom is 0.205 e. The topological polar surface area (TPSA) is 38.3 Å². The van der Waals surface area contributed by atoms with E-state index in [0.717, 1.165) is 38.5 Å². The predicted octanol–water partition coefficient (Wildman–Crippen LogP) is 7.13. The molecule has 3 heteroatoms. The Kier molecular flexibility index (Phi) is 4.66. The molecular formula is C30H21NO2. The van der Waals surface area contributed by atoms with Gasteiger partial charge < -0.3 is 10.1 Å². The van der Waals surface area contributed by atoms with Crippen LogP contribution in [0.5, 0.6) is 5.75 Å². The van der Waals surface area contributed by atoms with Gasteiger partial charge in [-0.05, 0) is 28.3 Å². The summed E-state index contributed by atoms with van der Waals surface area (Å²) in [7, 11) is 0. The highest BCUT2D eigenvalue weighted by atomic mass is 16.5. The Balaban J connectivity index is 1.50. The molecule has 0 saturated heterocycles. The molecule has 1 N–H and O–H groups in total. The van der Waals surface area contributed by atoms with Gasteiger partial charge in [0.25, 0.3) is 0 Å². The van der Waals surface area contributed by atoms with E-state index < -0.39 is 0 Å². The highest BCUT2D eigenvalue weighted by Crippen LogP contribution is 2.37. The molecule has 5 aromatic carbocycles. The van der Waals surface area contributed by atoms with E-state index >= 15 is 0 Å². The number of hydrogen-bond acceptors (Lipinski definition) is 3. The number of rotatable bonds is 4. The van der Waals surface area contributed by atoms with E-state index in [0.29, 0.717) is 23.4 Å². The van der Waals surface area contributed by atoms with E-state index in [1.54, 1.807) is 0 Å². The summed E-state index contributed by atoms with van der Waals surface area (Å²) in [5.74, 6) is 1.24. The maximum atomic E-state index is 13.6. The summed E-state index contributed by atoms with van der Waals surface area (Å²) in [6, 6.07) is 36.0. The first kappa shape index (κ1) is 19.3. The molecule has 5 aromatic rings. The number of ether oxygens (including phenoxy) is 1. The maximum absolute atomic E-state index is 13.6. The molecule has 0 amide bonds. The largest absolute Gasteiger partial charge is 0.440 e. The number of hydrogen-bond donors (Lipinski definition) is 1. The molecular weight excluding hydrogens is 406 g/mol. The van der Waals surface area contributed by atoms with Gasteiger partial charge >= 0.3 is 0 Å². The molecule has 1 aliphatic rings. The quantitative estimate of drug-likeness (QED) is 0.310. The van der Waals surface area contributed by atoms with Crippen LogP contribution in [0.3, 0.4) is 0 Å². The Morgan fingerprint density at radius 1 is 0.667 bits per heavy atom. The van der Waals surface area contributed by atoms with Gasteiger partial charge in [0, 0.05) is 28.6 Å². The fraction of sp³-hybridized carbons (Fsp3) is 0.0333. The van der Waals surface area contributed by atoms with Crippen LogP contribution in [0.1, 0.15) is 15.9 Å². The van der Waals surface area contributed by atoms with Crippen molar-refractivity contribution in [3.8, 4) is 5.75 Å². The molecule has 0 radical (unpaired) electrons. The van der Waals surface area contributed by atoms with Gasteiger partial charge in [0.2, 0.25) is 5.88 Å². The fourth-order valence-corrected chi connectivity index (χ4v) is 4.53. The lowest BCUT2D eigenvalue weighted by atomic mass is 9.91. The van der Waals surface area contributed by atoms with Gasteiger partial charge in [-0.25, -0.2) is 0 Å². The van der Waals surface area contributed by atoms with Crippen LogP contribution in [0.4, 0.5) is 5.69 Å². The number of anilines is 1. The lowest BCUT2D eigenvalue weighted by Gasteiger charge is -2.25. The van der Waals surface area contributed by atoms with Crippen molar-refractivity contribution in [1.82, 2.24) is 0 Å². The number of carbonyl (C=O) groups is 1. The number of benzene rings is 5. The second kappa shape index (κ2) is 7.95. The van der Waals surface area contributed by atoms with Crippen LogP contribution >= 0.6 is 0 Å². The molecule has 3 nitrogen and oxygen atoms in total. The molecule has 0 atom stereocenters. The van der Waals surface area contributed by atoms with Crippen molar-refractivity contribution in [2.45, 2.75) is 6.42 Å². The Morgan fingerprint density at radius 2 is 1.33 bits per heavy atom. The molecule has 1 aliphatic heterocycles. The van der Waals surface area contributed by atoms with Crippen LogP contribution < -0.4 is 10.1 Å². The number of Topliss-reactive ketones (excluding diaryl/α,β-unsaturated/α-hetero) is 1. The van der Waals surface area contributed by atoms with Gasteiger partial charge in [-0.1, -0.05) is 97.1 Å². The van der Waals surface area contributed by atoms with E-state index in [9.17, 15) is 4.79 Å². The van der Waals surface area contributed by atoms with Crippen molar-refractivity contribution >= 4 is 33.0 Å². The van der Waals surface area contributed by atoms with Gasteiger partial charge in [0.05, 0.1) is 5.57 Å². The molecule has 0 unspecified atom stereocenters. The van der Waals surface area contributed by atoms with E-state index in [1.807, 2.05) is 72.8 Å². The molecule has 0 fully saturated rings. The summed E-state index contributed by atoms with van der Waals surface area (Å²) in [5, 5.41) is 7.90. The molecule has 33 heavy (non-hydrogen) atoms. The summed E-state index contributed by atoms with van der Waals surface area (Å²) in [6.07, 6.45) is 0.498. The smallest absolute Gasteiger partial charge is 0.205 e. The lowest BCUT2D eigenvalue weighted by Crippen LogP contribution is -2.22. The molecule has 0 spiro atoms. The summed E-state index contributed by atoms with van der Waals surface area (Å²) in [6.45, 7) is 0. The molecule has 0 aliphatic carbocycles. The lowest BCUT2D eigenvalue weighted by molar-refractivity contribution is 0.102. The monoisotopic (exact) mass is 427 g/mol. The van der Waals surface area contributed by atoms with Crippen molar-refractivity contribution in [2.75, 3.05) is 5.32 Å². The zero-order valence-corrected chi connectivity index (χ0v) is 17.9. The van der Waals surface area contributed by atoms with Crippen LogP contribution in [0.15, 0.2) is 121 Å². The third kappa shape index (κ3) is 3.44. The summed E-state index contributed by atoms with van der Waals surface area (Å²) in [4.78, 5) is 13.6. The minimum atomic E-state index is -0.0306. The molecule has 0 saturated carbocycles. The zero-order valence-electron chi connectivity index (χ0n) is 17.9. The summed E-state index contributed by atoms with van der Waals surface area (Å²) >= 11 is 0. The predicted molar refractivity (Wildman–Crippen MR) is 134 cm³/mol. The van der Waals surface area contributed by atoms with Crippen LogP contribution in [-0.2, 0) is 6.42 Å². The van der Waals surface area contributed by atoms with Crippen molar-refractivity contribution in [1.29, 1.82) is 0 Å². The minimum Gasteiger partial charge on any atom is -0.440 e. The first-order valence-corrected chi connectivity index (χ1v) is 11.0. The SMILES string of the molecule is O=C(C1=C(Nc2cccc3ccccc23)Oc2ccc3ccccc3c2C1)c1ccccc1. The molecule has 0 aromatic heterocycles. The van der Waals surface area contributed by atoms with Crippen molar-refractivity contribution in [3.05, 3.63) is 132 Å². The van der Waals surface area contributed by atoms with Gasteiger partial charge in [0.15, 0.2) is 5.78 Å². The molecule has 1 heterocycles. The van der Waals surface area contributed by atoms with Gasteiger partial charge in [-0.3, -0.25) is 4.79 Å². The zero-order chi connectivity index (χ0) is 22.2. The van der Waals surface area contributed by atoms with Crippen molar-refractivity contribution < 1.29 is 9.53 Å².